The fourth-order valence-corrected chi connectivity index (χ4v) is 4.67. The summed E-state index contributed by atoms with van der Waals surface area (Å²) >= 11 is 0. The molecular formula is C20H21NO5S. The lowest BCUT2D eigenvalue weighted by molar-refractivity contribution is 0.380. The van der Waals surface area contributed by atoms with Crippen molar-refractivity contribution in [2.45, 2.75) is 44.4 Å². The fourth-order valence-electron chi connectivity index (χ4n) is 4.20. The molecule has 0 amide bonds. The quantitative estimate of drug-likeness (QED) is 0.750. The van der Waals surface area contributed by atoms with Crippen molar-refractivity contribution in [3.05, 3.63) is 57.6 Å². The molecule has 0 bridgehead atoms. The van der Waals surface area contributed by atoms with Crippen molar-refractivity contribution in [3.8, 4) is 5.75 Å². The Morgan fingerprint density at radius 2 is 2.07 bits per heavy atom. The molecule has 7 heteroatoms. The van der Waals surface area contributed by atoms with Crippen molar-refractivity contribution >= 4 is 21.5 Å². The van der Waals surface area contributed by atoms with Crippen molar-refractivity contribution < 1.29 is 17.0 Å². The van der Waals surface area contributed by atoms with E-state index in [9.17, 15) is 13.2 Å². The average Bonchev–Trinajstić information content (AvgIpc) is 2.91. The van der Waals surface area contributed by atoms with Crippen LogP contribution >= 0.6 is 0 Å². The zero-order valence-electron chi connectivity index (χ0n) is 15.3. The SMILES string of the molecule is Cc1ccc2c(c1)[C@]1(Cc3occc(=O)c3OS(C)(=O)=O)CCCCC1=N2. The van der Waals surface area contributed by atoms with Crippen molar-refractivity contribution in [2.75, 3.05) is 6.26 Å². The van der Waals surface area contributed by atoms with E-state index in [1.54, 1.807) is 0 Å². The molecule has 1 aliphatic heterocycles. The predicted molar refractivity (Wildman–Crippen MR) is 103 cm³/mol. The zero-order valence-corrected chi connectivity index (χ0v) is 16.1. The Labute approximate surface area is 158 Å². The molecule has 1 aromatic heterocycles. The number of fused-ring (bicyclic) bond motifs is 3. The maximum Gasteiger partial charge on any atom is 0.306 e. The van der Waals surface area contributed by atoms with E-state index in [4.69, 9.17) is 13.6 Å². The second-order valence-corrected chi connectivity index (χ2v) is 8.94. The molecule has 1 aromatic carbocycles. The summed E-state index contributed by atoms with van der Waals surface area (Å²) in [5.41, 5.74) is 3.39. The summed E-state index contributed by atoms with van der Waals surface area (Å²) in [7, 11) is -3.84. The van der Waals surface area contributed by atoms with E-state index in [1.165, 1.54) is 12.3 Å². The van der Waals surface area contributed by atoms with Crippen LogP contribution < -0.4 is 9.61 Å². The molecular weight excluding hydrogens is 366 g/mol. The molecule has 4 rings (SSSR count). The Morgan fingerprint density at radius 1 is 1.26 bits per heavy atom. The summed E-state index contributed by atoms with van der Waals surface area (Å²) in [5.74, 6) is -0.00252. The molecule has 6 nitrogen and oxygen atoms in total. The Kier molecular flexibility index (Phi) is 4.22. The lowest BCUT2D eigenvalue weighted by atomic mass is 9.66. The van der Waals surface area contributed by atoms with Gasteiger partial charge in [0, 0.05) is 23.6 Å². The first-order valence-corrected chi connectivity index (χ1v) is 10.8. The molecule has 2 heterocycles. The van der Waals surface area contributed by atoms with Gasteiger partial charge in [0.15, 0.2) is 5.76 Å². The minimum Gasteiger partial charge on any atom is -0.465 e. The van der Waals surface area contributed by atoms with Crippen LogP contribution in [-0.2, 0) is 22.0 Å². The highest BCUT2D eigenvalue weighted by atomic mass is 32.2. The highest BCUT2D eigenvalue weighted by Crippen LogP contribution is 2.50. The van der Waals surface area contributed by atoms with E-state index in [0.29, 0.717) is 6.42 Å². The van der Waals surface area contributed by atoms with Crippen LogP contribution in [0.2, 0.25) is 0 Å². The maximum absolute atomic E-state index is 12.3. The van der Waals surface area contributed by atoms with Crippen LogP contribution in [0.4, 0.5) is 5.69 Å². The summed E-state index contributed by atoms with van der Waals surface area (Å²) in [4.78, 5) is 17.1. The molecule has 1 saturated carbocycles. The first kappa shape index (κ1) is 18.0. The summed E-state index contributed by atoms with van der Waals surface area (Å²) in [5, 5.41) is 0. The number of aliphatic imine (C=N–C) groups is 1. The molecule has 2 aromatic rings. The monoisotopic (exact) mass is 387 g/mol. The summed E-state index contributed by atoms with van der Waals surface area (Å²) in [6.07, 6.45) is 6.42. The molecule has 0 N–H and O–H groups in total. The van der Waals surface area contributed by atoms with Crippen LogP contribution in [0.15, 0.2) is 44.7 Å². The maximum atomic E-state index is 12.3. The number of aryl methyl sites for hydroxylation is 1. The van der Waals surface area contributed by atoms with Crippen LogP contribution in [0.25, 0.3) is 0 Å². The van der Waals surface area contributed by atoms with Crippen LogP contribution in [0.3, 0.4) is 0 Å². The molecule has 27 heavy (non-hydrogen) atoms. The first-order chi connectivity index (χ1) is 12.8. The van der Waals surface area contributed by atoms with Gasteiger partial charge in [0.1, 0.15) is 0 Å². The summed E-state index contributed by atoms with van der Waals surface area (Å²) in [6.45, 7) is 2.04. The van der Waals surface area contributed by atoms with Gasteiger partial charge in [-0.15, -0.1) is 0 Å². The van der Waals surface area contributed by atoms with E-state index in [2.05, 4.69) is 6.07 Å². The van der Waals surface area contributed by atoms with E-state index in [1.807, 2.05) is 19.1 Å². The largest absolute Gasteiger partial charge is 0.465 e. The zero-order chi connectivity index (χ0) is 19.2. The van der Waals surface area contributed by atoms with Crippen molar-refractivity contribution in [2.24, 2.45) is 4.99 Å². The van der Waals surface area contributed by atoms with E-state index >= 15 is 0 Å². The van der Waals surface area contributed by atoms with Gasteiger partial charge in [0.25, 0.3) is 0 Å². The third-order valence-electron chi connectivity index (χ3n) is 5.35. The molecule has 0 spiro atoms. The highest BCUT2D eigenvalue weighted by Gasteiger charge is 2.46. The van der Waals surface area contributed by atoms with Gasteiger partial charge in [-0.3, -0.25) is 9.79 Å². The van der Waals surface area contributed by atoms with E-state index in [0.717, 1.165) is 54.5 Å². The molecule has 2 aliphatic rings. The van der Waals surface area contributed by atoms with Crippen LogP contribution in [0.5, 0.6) is 5.75 Å². The standard InChI is InChI=1S/C20H21NO5S/c1-13-6-7-15-14(11-13)20(9-4-3-5-18(20)21-15)12-17-19(26-27(2,23)24)16(22)8-10-25-17/h6-8,10-11H,3-5,9,12H2,1-2H3/t20-/m1/s1. The van der Waals surface area contributed by atoms with Crippen LogP contribution in [0, 0.1) is 6.92 Å². The smallest absolute Gasteiger partial charge is 0.306 e. The Hall–Kier alpha value is -2.41. The molecule has 142 valence electrons. The van der Waals surface area contributed by atoms with Crippen molar-refractivity contribution in [1.29, 1.82) is 0 Å². The van der Waals surface area contributed by atoms with Gasteiger partial charge in [0.2, 0.25) is 11.2 Å². The van der Waals surface area contributed by atoms with Gasteiger partial charge in [-0.2, -0.15) is 8.42 Å². The number of benzene rings is 1. The number of hydrogen-bond acceptors (Lipinski definition) is 6. The van der Waals surface area contributed by atoms with Gasteiger partial charge in [0.05, 0.1) is 18.2 Å². The first-order valence-electron chi connectivity index (χ1n) is 8.98. The fraction of sp³-hybridized carbons (Fsp3) is 0.400. The second-order valence-electron chi connectivity index (χ2n) is 7.37. The van der Waals surface area contributed by atoms with Gasteiger partial charge in [-0.25, -0.2) is 0 Å². The van der Waals surface area contributed by atoms with E-state index in [-0.39, 0.29) is 16.9 Å². The van der Waals surface area contributed by atoms with Crippen molar-refractivity contribution in [1.82, 2.24) is 0 Å². The average molecular weight is 387 g/mol. The number of nitrogens with zero attached hydrogens (tertiary/aromatic N) is 1. The van der Waals surface area contributed by atoms with E-state index < -0.39 is 15.5 Å². The lowest BCUT2D eigenvalue weighted by Gasteiger charge is -2.35. The Bertz CT molecular complexity index is 1100. The minimum atomic E-state index is -3.84. The normalized spacial score (nSPS) is 21.3. The molecule has 0 radical (unpaired) electrons. The minimum absolute atomic E-state index is 0.247. The molecule has 0 unspecified atom stereocenters. The van der Waals surface area contributed by atoms with Crippen LogP contribution in [-0.4, -0.2) is 20.4 Å². The third-order valence-corrected chi connectivity index (χ3v) is 5.82. The highest BCUT2D eigenvalue weighted by molar-refractivity contribution is 7.86. The topological polar surface area (TPSA) is 85.9 Å². The van der Waals surface area contributed by atoms with Gasteiger partial charge in [-0.1, -0.05) is 24.1 Å². The van der Waals surface area contributed by atoms with Gasteiger partial charge < -0.3 is 8.60 Å². The molecule has 0 saturated heterocycles. The number of hydrogen-bond donors (Lipinski definition) is 0. The Morgan fingerprint density at radius 3 is 2.85 bits per heavy atom. The summed E-state index contributed by atoms with van der Waals surface area (Å²) in [6, 6.07) is 7.36. The third kappa shape index (κ3) is 3.20. The predicted octanol–water partition coefficient (Wildman–Crippen LogP) is 3.43. The van der Waals surface area contributed by atoms with Crippen molar-refractivity contribution in [3.63, 3.8) is 0 Å². The van der Waals surface area contributed by atoms with Crippen LogP contribution in [0.1, 0.15) is 42.6 Å². The second kappa shape index (κ2) is 6.34. The molecule has 1 fully saturated rings. The molecule has 1 aliphatic carbocycles. The number of rotatable bonds is 4. The molecule has 1 atom stereocenters. The van der Waals surface area contributed by atoms with Gasteiger partial charge in [-0.05, 0) is 37.8 Å². The van der Waals surface area contributed by atoms with Gasteiger partial charge >= 0.3 is 10.1 Å². The summed E-state index contributed by atoms with van der Waals surface area (Å²) < 4.78 is 33.9. The lowest BCUT2D eigenvalue weighted by Crippen LogP contribution is -2.38. The Balaban J connectivity index is 1.85.